The molecule has 1 saturated carbocycles. The number of hydrogen-bond acceptors (Lipinski definition) is 3. The van der Waals surface area contributed by atoms with Crippen molar-refractivity contribution in [3.63, 3.8) is 0 Å². The number of rotatable bonds is 6. The predicted octanol–water partition coefficient (Wildman–Crippen LogP) is 2.75. The predicted molar refractivity (Wildman–Crippen MR) is 80.2 cm³/mol. The largest absolute Gasteiger partial charge is 0.375 e. The average Bonchev–Trinajstić information content (AvgIpc) is 3.02. The van der Waals surface area contributed by atoms with Crippen LogP contribution in [0.3, 0.4) is 0 Å². The zero-order valence-electron chi connectivity index (χ0n) is 12.5. The summed E-state index contributed by atoms with van der Waals surface area (Å²) in [5, 5.41) is 9.33. The maximum Gasteiger partial charge on any atom is 0.242 e. The maximum atomic E-state index is 12.4. The quantitative estimate of drug-likeness (QED) is 0.756. The molecule has 1 aliphatic carbocycles. The van der Waals surface area contributed by atoms with E-state index in [-0.39, 0.29) is 5.91 Å². The van der Waals surface area contributed by atoms with Crippen LogP contribution < -0.4 is 0 Å². The van der Waals surface area contributed by atoms with E-state index in [2.05, 4.69) is 6.07 Å². The first-order valence-corrected chi connectivity index (χ1v) is 7.46. The lowest BCUT2D eigenvalue weighted by molar-refractivity contribution is -0.138. The van der Waals surface area contributed by atoms with Gasteiger partial charge in [0.25, 0.3) is 0 Å². The molecule has 1 fully saturated rings. The van der Waals surface area contributed by atoms with Crippen molar-refractivity contribution in [2.24, 2.45) is 5.41 Å². The summed E-state index contributed by atoms with van der Waals surface area (Å²) in [4.78, 5) is 14.0. The molecule has 1 aromatic rings. The third-order valence-electron chi connectivity index (χ3n) is 4.11. The van der Waals surface area contributed by atoms with Gasteiger partial charge in [0.2, 0.25) is 5.91 Å². The van der Waals surface area contributed by atoms with E-state index in [1.54, 1.807) is 11.9 Å². The normalized spacial score (nSPS) is 16.4. The lowest BCUT2D eigenvalue weighted by Gasteiger charge is -2.26. The molecule has 0 bridgehead atoms. The zero-order chi connectivity index (χ0) is 15.1. The number of nitrogens with zero attached hydrogens (tertiary/aromatic N) is 2. The molecule has 1 amide bonds. The number of likely N-dealkylation sites (N-methyl/N-ethyl adjacent to an activating group) is 1. The Balaban J connectivity index is 1.75. The van der Waals surface area contributed by atoms with Gasteiger partial charge in [-0.3, -0.25) is 4.79 Å². The van der Waals surface area contributed by atoms with Gasteiger partial charge in [-0.2, -0.15) is 5.26 Å². The molecule has 0 saturated heterocycles. The maximum absolute atomic E-state index is 12.4. The third kappa shape index (κ3) is 3.83. The standard InChI is InChI=1S/C17H22N2O2/c1-19(16(20)17(14-18)9-5-6-10-17)11-12-21-13-15-7-3-2-4-8-15/h2-4,7-8H,5-6,9-13H2,1H3. The van der Waals surface area contributed by atoms with E-state index in [4.69, 9.17) is 4.74 Å². The van der Waals surface area contributed by atoms with E-state index in [0.29, 0.717) is 32.6 Å². The molecular formula is C17H22N2O2. The molecular weight excluding hydrogens is 264 g/mol. The highest BCUT2D eigenvalue weighted by atomic mass is 16.5. The Morgan fingerprint density at radius 2 is 2.00 bits per heavy atom. The SMILES string of the molecule is CN(CCOCc1ccccc1)C(=O)C1(C#N)CCCC1. The second kappa shape index (κ2) is 7.24. The molecule has 0 N–H and O–H groups in total. The van der Waals surface area contributed by atoms with E-state index >= 15 is 0 Å². The summed E-state index contributed by atoms with van der Waals surface area (Å²) in [7, 11) is 1.76. The molecule has 0 heterocycles. The van der Waals surface area contributed by atoms with Crippen molar-refractivity contribution in [1.82, 2.24) is 4.90 Å². The van der Waals surface area contributed by atoms with Gasteiger partial charge in [-0.15, -0.1) is 0 Å². The first kappa shape index (κ1) is 15.5. The van der Waals surface area contributed by atoms with Gasteiger partial charge in [-0.1, -0.05) is 43.2 Å². The van der Waals surface area contributed by atoms with Crippen LogP contribution in [0.15, 0.2) is 30.3 Å². The van der Waals surface area contributed by atoms with E-state index < -0.39 is 5.41 Å². The van der Waals surface area contributed by atoms with E-state index in [1.165, 1.54) is 0 Å². The van der Waals surface area contributed by atoms with Crippen LogP contribution in [0.1, 0.15) is 31.2 Å². The van der Waals surface area contributed by atoms with Gasteiger partial charge >= 0.3 is 0 Å². The average molecular weight is 286 g/mol. The fourth-order valence-electron chi connectivity index (χ4n) is 2.78. The van der Waals surface area contributed by atoms with Crippen LogP contribution in [-0.4, -0.2) is 31.0 Å². The Kier molecular flexibility index (Phi) is 5.35. The Morgan fingerprint density at radius 3 is 2.62 bits per heavy atom. The summed E-state index contributed by atoms with van der Waals surface area (Å²) in [6.07, 6.45) is 3.32. The van der Waals surface area contributed by atoms with Gasteiger partial charge in [-0.05, 0) is 18.4 Å². The minimum absolute atomic E-state index is 0.0502. The van der Waals surface area contributed by atoms with Crippen LogP contribution in [0, 0.1) is 16.7 Å². The van der Waals surface area contributed by atoms with Gasteiger partial charge in [-0.25, -0.2) is 0 Å². The molecule has 2 rings (SSSR count). The molecule has 0 unspecified atom stereocenters. The molecule has 4 nitrogen and oxygen atoms in total. The number of amides is 1. The minimum Gasteiger partial charge on any atom is -0.375 e. The number of carbonyl (C=O) groups excluding carboxylic acids is 1. The number of carbonyl (C=O) groups is 1. The van der Waals surface area contributed by atoms with Crippen molar-refractivity contribution in [3.05, 3.63) is 35.9 Å². The van der Waals surface area contributed by atoms with Crippen molar-refractivity contribution in [2.45, 2.75) is 32.3 Å². The smallest absolute Gasteiger partial charge is 0.242 e. The Hall–Kier alpha value is -1.86. The van der Waals surface area contributed by atoms with Crippen LogP contribution in [-0.2, 0) is 16.1 Å². The summed E-state index contributed by atoms with van der Waals surface area (Å²) < 4.78 is 5.59. The van der Waals surface area contributed by atoms with Crippen LogP contribution in [0.2, 0.25) is 0 Å². The van der Waals surface area contributed by atoms with Crippen molar-refractivity contribution in [3.8, 4) is 6.07 Å². The van der Waals surface area contributed by atoms with Gasteiger partial charge in [0.15, 0.2) is 0 Å². The topological polar surface area (TPSA) is 53.3 Å². The van der Waals surface area contributed by atoms with Crippen molar-refractivity contribution >= 4 is 5.91 Å². The molecule has 0 aromatic heterocycles. The van der Waals surface area contributed by atoms with Gasteiger partial charge < -0.3 is 9.64 Å². The summed E-state index contributed by atoms with van der Waals surface area (Å²) in [6.45, 7) is 1.56. The first-order chi connectivity index (χ1) is 10.2. The van der Waals surface area contributed by atoms with Crippen molar-refractivity contribution in [2.75, 3.05) is 20.2 Å². The van der Waals surface area contributed by atoms with E-state index in [9.17, 15) is 10.1 Å². The van der Waals surface area contributed by atoms with Crippen LogP contribution >= 0.6 is 0 Å². The molecule has 1 aliphatic rings. The second-order valence-corrected chi connectivity index (χ2v) is 5.67. The fourth-order valence-corrected chi connectivity index (χ4v) is 2.78. The van der Waals surface area contributed by atoms with Gasteiger partial charge in [0, 0.05) is 13.6 Å². The monoisotopic (exact) mass is 286 g/mol. The van der Waals surface area contributed by atoms with Crippen LogP contribution in [0.5, 0.6) is 0 Å². The van der Waals surface area contributed by atoms with Gasteiger partial charge in [0.1, 0.15) is 5.41 Å². The number of nitriles is 1. The molecule has 21 heavy (non-hydrogen) atoms. The fraction of sp³-hybridized carbons (Fsp3) is 0.529. The number of hydrogen-bond donors (Lipinski definition) is 0. The minimum atomic E-state index is -0.784. The molecule has 0 atom stereocenters. The molecule has 1 aromatic carbocycles. The number of benzene rings is 1. The summed E-state index contributed by atoms with van der Waals surface area (Å²) in [6, 6.07) is 12.2. The first-order valence-electron chi connectivity index (χ1n) is 7.46. The summed E-state index contributed by atoms with van der Waals surface area (Å²) in [5.41, 5.74) is 0.338. The Morgan fingerprint density at radius 1 is 1.33 bits per heavy atom. The second-order valence-electron chi connectivity index (χ2n) is 5.67. The number of ether oxygens (including phenoxy) is 1. The molecule has 0 radical (unpaired) electrons. The molecule has 4 heteroatoms. The highest BCUT2D eigenvalue weighted by Gasteiger charge is 2.42. The molecule has 0 aliphatic heterocycles. The molecule has 112 valence electrons. The van der Waals surface area contributed by atoms with Crippen LogP contribution in [0.25, 0.3) is 0 Å². The van der Waals surface area contributed by atoms with Crippen molar-refractivity contribution < 1.29 is 9.53 Å². The summed E-state index contributed by atoms with van der Waals surface area (Å²) >= 11 is 0. The Bertz CT molecular complexity index is 501. The highest BCUT2D eigenvalue weighted by molar-refractivity contribution is 5.85. The highest BCUT2D eigenvalue weighted by Crippen LogP contribution is 2.38. The lowest BCUT2D eigenvalue weighted by atomic mass is 9.86. The van der Waals surface area contributed by atoms with Crippen molar-refractivity contribution in [1.29, 1.82) is 5.26 Å². The summed E-state index contributed by atoms with van der Waals surface area (Å²) in [5.74, 6) is -0.0502. The van der Waals surface area contributed by atoms with E-state index in [0.717, 1.165) is 18.4 Å². The van der Waals surface area contributed by atoms with Crippen LogP contribution in [0.4, 0.5) is 0 Å². The van der Waals surface area contributed by atoms with Gasteiger partial charge in [0.05, 0.1) is 19.3 Å². The third-order valence-corrected chi connectivity index (χ3v) is 4.11. The zero-order valence-corrected chi connectivity index (χ0v) is 12.5. The lowest BCUT2D eigenvalue weighted by Crippen LogP contribution is -2.41. The van der Waals surface area contributed by atoms with E-state index in [1.807, 2.05) is 30.3 Å². The Labute approximate surface area is 126 Å². The molecule has 0 spiro atoms.